The molecule has 14 heavy (non-hydrogen) atoms. The monoisotopic (exact) mass is 192 g/mol. The molecule has 1 rings (SSSR count). The third kappa shape index (κ3) is 2.13. The minimum Gasteiger partial charge on any atom is -0.496 e. The predicted molar refractivity (Wildman–Crippen MR) is 57.1 cm³/mol. The van der Waals surface area contributed by atoms with E-state index in [0.717, 1.165) is 41.6 Å². The number of hydrogen-bond acceptors (Lipinski definition) is 2. The van der Waals surface area contributed by atoms with Crippen molar-refractivity contribution < 1.29 is 9.53 Å². The lowest BCUT2D eigenvalue weighted by Gasteiger charge is -2.09. The number of carbonyl (C=O) groups is 1. The van der Waals surface area contributed by atoms with Gasteiger partial charge in [0.05, 0.1) is 7.11 Å². The number of rotatable bonds is 4. The van der Waals surface area contributed by atoms with Crippen LogP contribution in [-0.2, 0) is 6.42 Å². The third-order valence-corrected chi connectivity index (χ3v) is 2.30. The van der Waals surface area contributed by atoms with Crippen molar-refractivity contribution in [3.05, 3.63) is 28.8 Å². The second-order valence-electron chi connectivity index (χ2n) is 3.39. The fraction of sp³-hybridized carbons (Fsp3) is 0.417. The lowest BCUT2D eigenvalue weighted by atomic mass is 10.0. The van der Waals surface area contributed by atoms with Gasteiger partial charge in [-0.1, -0.05) is 13.3 Å². The predicted octanol–water partition coefficient (Wildman–Crippen LogP) is 2.77. The first-order chi connectivity index (χ1) is 6.72. The topological polar surface area (TPSA) is 26.3 Å². The quantitative estimate of drug-likeness (QED) is 0.686. The van der Waals surface area contributed by atoms with Gasteiger partial charge in [0.15, 0.2) is 0 Å². The number of aryl methyl sites for hydroxylation is 2. The van der Waals surface area contributed by atoms with Crippen molar-refractivity contribution in [1.29, 1.82) is 0 Å². The van der Waals surface area contributed by atoms with E-state index in [0.29, 0.717) is 0 Å². The summed E-state index contributed by atoms with van der Waals surface area (Å²) in [4.78, 5) is 10.8. The molecule has 0 heterocycles. The molecular weight excluding hydrogens is 176 g/mol. The Balaban J connectivity index is 3.17. The molecule has 2 heteroatoms. The summed E-state index contributed by atoms with van der Waals surface area (Å²) in [6.07, 6.45) is 2.87. The summed E-state index contributed by atoms with van der Waals surface area (Å²) in [6, 6.07) is 3.85. The van der Waals surface area contributed by atoms with Gasteiger partial charge in [-0.2, -0.15) is 0 Å². The second kappa shape index (κ2) is 4.80. The van der Waals surface area contributed by atoms with E-state index >= 15 is 0 Å². The Kier molecular flexibility index (Phi) is 3.69. The minimum atomic E-state index is 0.783. The maximum Gasteiger partial charge on any atom is 0.150 e. The summed E-state index contributed by atoms with van der Waals surface area (Å²) in [5.41, 5.74) is 2.87. The highest BCUT2D eigenvalue weighted by molar-refractivity contribution is 5.78. The van der Waals surface area contributed by atoms with Gasteiger partial charge in [0.2, 0.25) is 0 Å². The van der Waals surface area contributed by atoms with Gasteiger partial charge in [0, 0.05) is 5.56 Å². The normalized spacial score (nSPS) is 9.93. The highest BCUT2D eigenvalue weighted by atomic mass is 16.5. The van der Waals surface area contributed by atoms with Crippen LogP contribution in [0.1, 0.15) is 34.8 Å². The molecule has 0 N–H and O–H groups in total. The van der Waals surface area contributed by atoms with Crippen molar-refractivity contribution >= 4 is 6.29 Å². The van der Waals surface area contributed by atoms with Gasteiger partial charge in [-0.25, -0.2) is 0 Å². The maximum absolute atomic E-state index is 10.8. The number of carbonyl (C=O) groups excluding carboxylic acids is 1. The van der Waals surface area contributed by atoms with Gasteiger partial charge in [-0.05, 0) is 36.6 Å². The first-order valence-electron chi connectivity index (χ1n) is 4.85. The van der Waals surface area contributed by atoms with Gasteiger partial charge >= 0.3 is 0 Å². The van der Waals surface area contributed by atoms with E-state index in [1.807, 2.05) is 19.1 Å². The molecular formula is C12H16O2. The van der Waals surface area contributed by atoms with Crippen LogP contribution in [0.15, 0.2) is 12.1 Å². The summed E-state index contributed by atoms with van der Waals surface area (Å²) in [7, 11) is 1.65. The molecule has 1 aromatic carbocycles. The lowest BCUT2D eigenvalue weighted by Crippen LogP contribution is -1.96. The van der Waals surface area contributed by atoms with Crippen molar-refractivity contribution in [3.63, 3.8) is 0 Å². The Morgan fingerprint density at radius 2 is 2.14 bits per heavy atom. The van der Waals surface area contributed by atoms with Crippen LogP contribution in [0.4, 0.5) is 0 Å². The van der Waals surface area contributed by atoms with Crippen molar-refractivity contribution in [3.8, 4) is 5.75 Å². The van der Waals surface area contributed by atoms with Crippen molar-refractivity contribution in [2.45, 2.75) is 26.7 Å². The van der Waals surface area contributed by atoms with Crippen LogP contribution in [0.25, 0.3) is 0 Å². The van der Waals surface area contributed by atoms with E-state index in [1.165, 1.54) is 0 Å². The minimum absolute atomic E-state index is 0.783. The van der Waals surface area contributed by atoms with Gasteiger partial charge in [0.25, 0.3) is 0 Å². The number of benzene rings is 1. The molecule has 0 bridgehead atoms. The fourth-order valence-electron chi connectivity index (χ4n) is 1.57. The molecule has 0 aromatic heterocycles. The van der Waals surface area contributed by atoms with E-state index in [-0.39, 0.29) is 0 Å². The highest BCUT2D eigenvalue weighted by Gasteiger charge is 2.06. The summed E-state index contributed by atoms with van der Waals surface area (Å²) < 4.78 is 5.22. The Hall–Kier alpha value is -1.31. The van der Waals surface area contributed by atoms with Gasteiger partial charge < -0.3 is 4.74 Å². The number of hydrogen-bond donors (Lipinski definition) is 0. The van der Waals surface area contributed by atoms with E-state index in [1.54, 1.807) is 7.11 Å². The van der Waals surface area contributed by atoms with E-state index in [9.17, 15) is 4.79 Å². The Labute approximate surface area is 84.9 Å². The average Bonchev–Trinajstić information content (AvgIpc) is 2.20. The van der Waals surface area contributed by atoms with Crippen LogP contribution >= 0.6 is 0 Å². The lowest BCUT2D eigenvalue weighted by molar-refractivity contribution is 0.112. The van der Waals surface area contributed by atoms with E-state index in [2.05, 4.69) is 6.92 Å². The Morgan fingerprint density at radius 1 is 1.43 bits per heavy atom. The molecule has 0 saturated carbocycles. The van der Waals surface area contributed by atoms with E-state index in [4.69, 9.17) is 4.74 Å². The van der Waals surface area contributed by atoms with Crippen LogP contribution in [0.2, 0.25) is 0 Å². The zero-order valence-electron chi connectivity index (χ0n) is 8.96. The molecule has 0 unspecified atom stereocenters. The molecule has 0 amide bonds. The van der Waals surface area contributed by atoms with Crippen LogP contribution < -0.4 is 4.74 Å². The summed E-state index contributed by atoms with van der Waals surface area (Å²) in [5, 5.41) is 0. The van der Waals surface area contributed by atoms with Crippen LogP contribution in [0, 0.1) is 6.92 Å². The molecule has 0 atom stereocenters. The number of aldehydes is 1. The van der Waals surface area contributed by atoms with E-state index < -0.39 is 0 Å². The summed E-state index contributed by atoms with van der Waals surface area (Å²) in [6.45, 7) is 4.04. The molecule has 0 spiro atoms. The summed E-state index contributed by atoms with van der Waals surface area (Å²) in [5.74, 6) is 0.860. The number of methoxy groups -OCH3 is 1. The smallest absolute Gasteiger partial charge is 0.150 e. The molecule has 0 fully saturated rings. The highest BCUT2D eigenvalue weighted by Crippen LogP contribution is 2.22. The zero-order chi connectivity index (χ0) is 10.6. The zero-order valence-corrected chi connectivity index (χ0v) is 8.96. The molecule has 76 valence electrons. The van der Waals surface area contributed by atoms with Crippen LogP contribution in [0.3, 0.4) is 0 Å². The van der Waals surface area contributed by atoms with Crippen molar-refractivity contribution in [2.75, 3.05) is 7.11 Å². The Bertz CT molecular complexity index is 329. The largest absolute Gasteiger partial charge is 0.496 e. The molecule has 2 nitrogen and oxygen atoms in total. The fourth-order valence-corrected chi connectivity index (χ4v) is 1.57. The van der Waals surface area contributed by atoms with Gasteiger partial charge in [0.1, 0.15) is 12.0 Å². The van der Waals surface area contributed by atoms with Crippen molar-refractivity contribution in [1.82, 2.24) is 0 Å². The summed E-state index contributed by atoms with van der Waals surface area (Å²) >= 11 is 0. The Morgan fingerprint density at radius 3 is 2.64 bits per heavy atom. The van der Waals surface area contributed by atoms with Crippen LogP contribution in [-0.4, -0.2) is 13.4 Å². The molecule has 1 aromatic rings. The first kappa shape index (κ1) is 10.8. The molecule has 0 aliphatic heterocycles. The average molecular weight is 192 g/mol. The van der Waals surface area contributed by atoms with Crippen molar-refractivity contribution in [2.24, 2.45) is 0 Å². The molecule has 0 aliphatic carbocycles. The standard InChI is InChI=1S/C12H16O2/c1-4-5-10-7-12(14-3)9(2)6-11(10)8-13/h6-8H,4-5H2,1-3H3. The third-order valence-electron chi connectivity index (χ3n) is 2.30. The van der Waals surface area contributed by atoms with Gasteiger partial charge in [-0.15, -0.1) is 0 Å². The van der Waals surface area contributed by atoms with Crippen LogP contribution in [0.5, 0.6) is 5.75 Å². The SMILES string of the molecule is CCCc1cc(OC)c(C)cc1C=O. The second-order valence-corrected chi connectivity index (χ2v) is 3.39. The van der Waals surface area contributed by atoms with Gasteiger partial charge in [-0.3, -0.25) is 4.79 Å². The molecule has 0 radical (unpaired) electrons. The first-order valence-corrected chi connectivity index (χ1v) is 4.85. The maximum atomic E-state index is 10.8. The number of ether oxygens (including phenoxy) is 1. The molecule has 0 saturated heterocycles. The molecule has 0 aliphatic rings.